The average Bonchev–Trinajstić information content (AvgIpc) is 3.22. The third kappa shape index (κ3) is 15.4. The summed E-state index contributed by atoms with van der Waals surface area (Å²) in [5, 5.41) is 2.71. The van der Waals surface area contributed by atoms with Crippen LogP contribution in [0.5, 0.6) is 11.5 Å². The van der Waals surface area contributed by atoms with Crippen molar-refractivity contribution in [3.05, 3.63) is 24.3 Å². The highest BCUT2D eigenvalue weighted by Gasteiger charge is 2.59. The van der Waals surface area contributed by atoms with Crippen LogP contribution in [-0.4, -0.2) is 166 Å². The number of ether oxygens (including phenoxy) is 15. The number of nitrogens with one attached hydrogen (secondary N) is 1. The van der Waals surface area contributed by atoms with Crippen LogP contribution in [-0.2, 0) is 105 Å². The first-order valence-corrected chi connectivity index (χ1v) is 21.1. The fraction of sp³-hybridized carbons (Fsp3) is 0.651. The molecule has 25 heteroatoms. The van der Waals surface area contributed by atoms with Crippen LogP contribution in [0.1, 0.15) is 69.2 Å². The maximum atomic E-state index is 13.2. The van der Waals surface area contributed by atoms with Gasteiger partial charge in [0.1, 0.15) is 55.2 Å². The Morgan fingerprint density at radius 1 is 0.456 bits per heavy atom. The Morgan fingerprint density at radius 3 is 1.29 bits per heavy atom. The molecule has 0 spiro atoms. The minimum absolute atomic E-state index is 0.148. The number of hydrogen-bond donors (Lipinski definition) is 1. The van der Waals surface area contributed by atoms with E-state index in [1.54, 1.807) is 12.1 Å². The molecule has 15 unspecified atom stereocenters. The minimum atomic E-state index is -1.94. The highest BCUT2D eigenvalue weighted by Crippen LogP contribution is 2.38. The van der Waals surface area contributed by atoms with Gasteiger partial charge in [0.25, 0.3) is 0 Å². The minimum Gasteiger partial charge on any atom is -0.497 e. The van der Waals surface area contributed by atoms with E-state index < -0.39 is 159 Å². The molecule has 3 heterocycles. The van der Waals surface area contributed by atoms with Gasteiger partial charge in [0.2, 0.25) is 12.2 Å². The summed E-state index contributed by atoms with van der Waals surface area (Å²) in [6.45, 7) is 9.63. The third-order valence-electron chi connectivity index (χ3n) is 9.94. The molecule has 3 fully saturated rings. The van der Waals surface area contributed by atoms with Gasteiger partial charge in [-0.25, -0.2) is 0 Å². The summed E-state index contributed by atoms with van der Waals surface area (Å²) in [4.78, 5) is 113. The predicted octanol–water partition coefficient (Wildman–Crippen LogP) is 0.260. The summed E-state index contributed by atoms with van der Waals surface area (Å²) >= 11 is 0. The zero-order chi connectivity index (χ0) is 50.6. The second-order valence-electron chi connectivity index (χ2n) is 15.6. The van der Waals surface area contributed by atoms with Crippen molar-refractivity contribution in [2.45, 2.75) is 161 Å². The topological polar surface area (TPSA) is 304 Å². The van der Waals surface area contributed by atoms with E-state index in [-0.39, 0.29) is 5.75 Å². The Bertz CT molecular complexity index is 1980. The highest BCUT2D eigenvalue weighted by molar-refractivity contribution is 5.73. The second kappa shape index (κ2) is 24.7. The molecule has 1 aromatic carbocycles. The van der Waals surface area contributed by atoms with Crippen molar-refractivity contribution < 1.29 is 114 Å². The lowest BCUT2D eigenvalue weighted by Gasteiger charge is -2.51. The van der Waals surface area contributed by atoms with Crippen LogP contribution < -0.4 is 14.8 Å². The normalized spacial score (nSPS) is 31.0. The lowest BCUT2D eigenvalue weighted by atomic mass is 9.94. The first kappa shape index (κ1) is 54.5. The van der Waals surface area contributed by atoms with Gasteiger partial charge in [0.15, 0.2) is 49.2 Å². The molecule has 0 radical (unpaired) electrons. The molecule has 3 aliphatic heterocycles. The number of methoxy groups -OCH3 is 1. The lowest BCUT2D eigenvalue weighted by Crippen LogP contribution is -2.71. The zero-order valence-corrected chi connectivity index (χ0v) is 39.2. The Hall–Kier alpha value is -6.15. The molecule has 0 bridgehead atoms. The molecule has 1 N–H and O–H groups in total. The molecule has 25 nitrogen and oxygen atoms in total. The van der Waals surface area contributed by atoms with Gasteiger partial charge in [-0.15, -0.1) is 0 Å². The molecule has 15 atom stereocenters. The average molecular weight is 972 g/mol. The van der Waals surface area contributed by atoms with Gasteiger partial charge < -0.3 is 76.4 Å². The predicted molar refractivity (Wildman–Crippen MR) is 219 cm³/mol. The van der Waals surface area contributed by atoms with E-state index in [0.717, 1.165) is 62.3 Å². The number of benzene rings is 1. The van der Waals surface area contributed by atoms with Crippen molar-refractivity contribution >= 4 is 53.7 Å². The maximum Gasteiger partial charge on any atom is 0.303 e. The Balaban J connectivity index is 1.99. The molecule has 0 saturated carbocycles. The molecular formula is C43H57NO24. The molecule has 3 aliphatic rings. The van der Waals surface area contributed by atoms with Crippen LogP contribution in [0, 0.1) is 0 Å². The third-order valence-corrected chi connectivity index (χ3v) is 9.94. The quantitative estimate of drug-likeness (QED) is 0.152. The number of carbonyl (C=O) groups is 9. The fourth-order valence-electron chi connectivity index (χ4n) is 7.53. The monoisotopic (exact) mass is 971 g/mol. The number of rotatable bonds is 18. The molecule has 68 heavy (non-hydrogen) atoms. The highest BCUT2D eigenvalue weighted by atomic mass is 16.8. The molecule has 1 amide bonds. The van der Waals surface area contributed by atoms with E-state index in [1.165, 1.54) is 26.2 Å². The molecule has 0 aromatic heterocycles. The van der Waals surface area contributed by atoms with Gasteiger partial charge in [-0.3, -0.25) is 43.2 Å². The maximum absolute atomic E-state index is 13.2. The van der Waals surface area contributed by atoms with E-state index in [2.05, 4.69) is 5.32 Å². The summed E-state index contributed by atoms with van der Waals surface area (Å²) in [5.41, 5.74) is 0. The smallest absolute Gasteiger partial charge is 0.303 e. The van der Waals surface area contributed by atoms with E-state index in [4.69, 9.17) is 71.1 Å². The van der Waals surface area contributed by atoms with Gasteiger partial charge in [-0.2, -0.15) is 0 Å². The number of carbonyl (C=O) groups excluding carboxylic acids is 9. The fourth-order valence-corrected chi connectivity index (χ4v) is 7.53. The number of esters is 8. The first-order valence-electron chi connectivity index (χ1n) is 21.1. The lowest BCUT2D eigenvalue weighted by molar-refractivity contribution is -0.369. The van der Waals surface area contributed by atoms with Crippen molar-refractivity contribution in [1.29, 1.82) is 0 Å². The summed E-state index contributed by atoms with van der Waals surface area (Å²) < 4.78 is 87.8. The summed E-state index contributed by atoms with van der Waals surface area (Å²) in [6.07, 6.45) is -23.0. The second-order valence-corrected chi connectivity index (χ2v) is 15.6. The van der Waals surface area contributed by atoms with Crippen molar-refractivity contribution in [2.24, 2.45) is 0 Å². The van der Waals surface area contributed by atoms with E-state index >= 15 is 0 Å². The van der Waals surface area contributed by atoms with E-state index in [1.807, 2.05) is 0 Å². The van der Waals surface area contributed by atoms with Crippen LogP contribution in [0.2, 0.25) is 0 Å². The zero-order valence-electron chi connectivity index (χ0n) is 39.2. The van der Waals surface area contributed by atoms with Crippen LogP contribution in [0.4, 0.5) is 0 Å². The van der Waals surface area contributed by atoms with Gasteiger partial charge in [-0.05, 0) is 31.2 Å². The number of amides is 1. The summed E-state index contributed by atoms with van der Waals surface area (Å²) in [6, 6.07) is 4.59. The van der Waals surface area contributed by atoms with Crippen LogP contribution in [0.15, 0.2) is 24.3 Å². The van der Waals surface area contributed by atoms with E-state index in [0.29, 0.717) is 5.75 Å². The van der Waals surface area contributed by atoms with Crippen LogP contribution in [0.3, 0.4) is 0 Å². The molecular weight excluding hydrogens is 914 g/mol. The summed E-state index contributed by atoms with van der Waals surface area (Å²) in [5.74, 6) is -7.22. The van der Waals surface area contributed by atoms with Gasteiger partial charge in [0.05, 0.1) is 13.2 Å². The molecule has 4 rings (SSSR count). The SMILES string of the molecule is COc1ccc(OC2OC(COC(C)=O)C(OC3OC(COC(C)=O)C(OC(C)=O)C(OC(C)=O)C3OC(C)=O)C(OC3OC(C)C(OC(C)=O)C(OC(C)=O)C3OC(C)=O)C2NC(C)=O)cc1. The first-order chi connectivity index (χ1) is 32.0. The summed E-state index contributed by atoms with van der Waals surface area (Å²) in [7, 11) is 1.44. The van der Waals surface area contributed by atoms with Gasteiger partial charge in [-0.1, -0.05) is 0 Å². The van der Waals surface area contributed by atoms with Crippen molar-refractivity contribution in [2.75, 3.05) is 20.3 Å². The van der Waals surface area contributed by atoms with Crippen molar-refractivity contribution in [3.63, 3.8) is 0 Å². The van der Waals surface area contributed by atoms with Crippen LogP contribution >= 0.6 is 0 Å². The Morgan fingerprint density at radius 2 is 0.838 bits per heavy atom. The van der Waals surface area contributed by atoms with Crippen molar-refractivity contribution in [1.82, 2.24) is 5.32 Å². The van der Waals surface area contributed by atoms with Gasteiger partial charge >= 0.3 is 47.8 Å². The van der Waals surface area contributed by atoms with E-state index in [9.17, 15) is 43.2 Å². The largest absolute Gasteiger partial charge is 0.497 e. The molecule has 3 saturated heterocycles. The molecule has 1 aromatic rings. The Labute approximate surface area is 390 Å². The van der Waals surface area contributed by atoms with Gasteiger partial charge in [0, 0.05) is 62.3 Å². The number of hydrogen-bond acceptors (Lipinski definition) is 24. The standard InChI is InChI=1S/C43H57NO24/c1-18-33(58-22(5)48)37(60-24(7)50)39(62-26(9)52)42(57-18)68-36-32(44-19(2)45)41(64-29-14-12-28(54-11)13-15-29)65-30(16-55-20(3)46)34(36)67-43-40(63-27(10)53)38(61-25(8)51)35(59-23(6)49)31(66-43)17-56-21(4)47/h12-15,18,30-43H,16-17H2,1-11H3,(H,44,45). The van der Waals surface area contributed by atoms with Crippen LogP contribution in [0.25, 0.3) is 0 Å². The molecule has 0 aliphatic carbocycles. The van der Waals surface area contributed by atoms with Crippen molar-refractivity contribution in [3.8, 4) is 11.5 Å². The Kier molecular flexibility index (Phi) is 19.8. The molecule has 378 valence electrons.